The summed E-state index contributed by atoms with van der Waals surface area (Å²) in [6.07, 6.45) is 4.34. The maximum absolute atomic E-state index is 13.5. The van der Waals surface area contributed by atoms with Crippen molar-refractivity contribution in [3.05, 3.63) is 65.7 Å². The summed E-state index contributed by atoms with van der Waals surface area (Å²) in [5.74, 6) is 1.21. The highest BCUT2D eigenvalue weighted by Crippen LogP contribution is 2.31. The molecule has 7 heteroatoms. The maximum atomic E-state index is 13.5. The van der Waals surface area contributed by atoms with Crippen LogP contribution in [0.15, 0.2) is 48.7 Å². The van der Waals surface area contributed by atoms with Crippen LogP contribution in [0.1, 0.15) is 24.1 Å². The summed E-state index contributed by atoms with van der Waals surface area (Å²) in [4.78, 5) is 16.5. The molecule has 1 N–H and O–H groups in total. The van der Waals surface area contributed by atoms with Crippen LogP contribution in [0, 0.1) is 12.7 Å². The SMILES string of the molecule is Cc1ccc(Nc2cc3nc(-c4cccc(F)c4)sc3cn2)nc1CN1CCCC1. The smallest absolute Gasteiger partial charge is 0.133 e. The lowest BCUT2D eigenvalue weighted by molar-refractivity contribution is 0.326. The number of benzene rings is 1. The van der Waals surface area contributed by atoms with Gasteiger partial charge in [0.25, 0.3) is 0 Å². The van der Waals surface area contributed by atoms with Gasteiger partial charge < -0.3 is 5.32 Å². The van der Waals surface area contributed by atoms with Gasteiger partial charge in [0.2, 0.25) is 0 Å². The average molecular weight is 420 g/mol. The van der Waals surface area contributed by atoms with Crippen LogP contribution in [0.5, 0.6) is 0 Å². The second kappa shape index (κ2) is 8.08. The Morgan fingerprint density at radius 2 is 1.93 bits per heavy atom. The third-order valence-corrected chi connectivity index (χ3v) is 6.43. The molecule has 4 heterocycles. The summed E-state index contributed by atoms with van der Waals surface area (Å²) in [6.45, 7) is 5.29. The number of nitrogens with zero attached hydrogens (tertiary/aromatic N) is 4. The van der Waals surface area contributed by atoms with Crippen LogP contribution in [0.2, 0.25) is 0 Å². The Balaban J connectivity index is 1.39. The Bertz CT molecular complexity index is 1200. The standard InChI is InChI=1S/C23H22FN5S/c1-15-7-8-21(26-19(15)14-29-9-2-3-10-29)28-22-12-18-20(13-25-22)30-23(27-18)16-5-4-6-17(24)11-16/h4-8,11-13H,2-3,9-10,14H2,1H3,(H,25,26,28). The van der Waals surface area contributed by atoms with Gasteiger partial charge in [0.15, 0.2) is 0 Å². The van der Waals surface area contributed by atoms with Gasteiger partial charge in [-0.15, -0.1) is 11.3 Å². The number of hydrogen-bond acceptors (Lipinski definition) is 6. The fourth-order valence-electron chi connectivity index (χ4n) is 3.73. The van der Waals surface area contributed by atoms with Crippen LogP contribution >= 0.6 is 11.3 Å². The zero-order chi connectivity index (χ0) is 20.5. The number of thiazole rings is 1. The highest BCUT2D eigenvalue weighted by molar-refractivity contribution is 7.21. The highest BCUT2D eigenvalue weighted by atomic mass is 32.1. The molecule has 0 spiro atoms. The number of nitrogens with one attached hydrogen (secondary N) is 1. The molecule has 1 fully saturated rings. The third kappa shape index (κ3) is 4.04. The molecule has 1 aromatic carbocycles. The number of hydrogen-bond donors (Lipinski definition) is 1. The van der Waals surface area contributed by atoms with Crippen LogP contribution in [0.3, 0.4) is 0 Å². The van der Waals surface area contributed by atoms with E-state index in [1.165, 1.54) is 41.9 Å². The summed E-state index contributed by atoms with van der Waals surface area (Å²) in [5, 5.41) is 4.09. The zero-order valence-electron chi connectivity index (χ0n) is 16.7. The minimum Gasteiger partial charge on any atom is -0.325 e. The molecule has 0 radical (unpaired) electrons. The number of likely N-dealkylation sites (tertiary alicyclic amines) is 1. The first-order chi connectivity index (χ1) is 14.6. The number of pyridine rings is 2. The first-order valence-electron chi connectivity index (χ1n) is 10.1. The number of aryl methyl sites for hydroxylation is 1. The Morgan fingerprint density at radius 3 is 2.77 bits per heavy atom. The molecule has 1 aliphatic rings. The van der Waals surface area contributed by atoms with E-state index in [4.69, 9.17) is 4.98 Å². The van der Waals surface area contributed by atoms with Gasteiger partial charge in [-0.2, -0.15) is 0 Å². The van der Waals surface area contributed by atoms with Crippen molar-refractivity contribution in [1.29, 1.82) is 0 Å². The minimum absolute atomic E-state index is 0.262. The van der Waals surface area contributed by atoms with Crippen molar-refractivity contribution >= 4 is 33.2 Å². The fraction of sp³-hybridized carbons (Fsp3) is 0.261. The molecular weight excluding hydrogens is 397 g/mol. The van der Waals surface area contributed by atoms with E-state index in [2.05, 4.69) is 33.2 Å². The van der Waals surface area contributed by atoms with Gasteiger partial charge >= 0.3 is 0 Å². The van der Waals surface area contributed by atoms with Crippen molar-refractivity contribution in [2.75, 3.05) is 18.4 Å². The van der Waals surface area contributed by atoms with Crippen LogP contribution < -0.4 is 5.32 Å². The van der Waals surface area contributed by atoms with Crippen molar-refractivity contribution < 1.29 is 4.39 Å². The molecule has 5 rings (SSSR count). The van der Waals surface area contributed by atoms with Crippen LogP contribution in [0.25, 0.3) is 20.8 Å². The van der Waals surface area contributed by atoms with E-state index < -0.39 is 0 Å². The van der Waals surface area contributed by atoms with Crippen molar-refractivity contribution in [2.45, 2.75) is 26.3 Å². The maximum Gasteiger partial charge on any atom is 0.133 e. The van der Waals surface area contributed by atoms with Gasteiger partial charge in [0.05, 0.1) is 15.9 Å². The molecule has 0 atom stereocenters. The molecular formula is C23H22FN5S. The third-order valence-electron chi connectivity index (χ3n) is 5.38. The molecule has 0 saturated carbocycles. The molecule has 1 saturated heterocycles. The van der Waals surface area contributed by atoms with E-state index >= 15 is 0 Å². The van der Waals surface area contributed by atoms with E-state index in [0.717, 1.165) is 51.9 Å². The predicted molar refractivity (Wildman–Crippen MR) is 120 cm³/mol. The van der Waals surface area contributed by atoms with E-state index in [1.807, 2.05) is 18.2 Å². The normalized spacial score (nSPS) is 14.5. The monoisotopic (exact) mass is 419 g/mol. The van der Waals surface area contributed by atoms with Crippen molar-refractivity contribution in [3.63, 3.8) is 0 Å². The molecule has 152 valence electrons. The summed E-state index contributed by atoms with van der Waals surface area (Å²) in [6, 6.07) is 12.5. The first kappa shape index (κ1) is 19.1. The van der Waals surface area contributed by atoms with Gasteiger partial charge in [-0.3, -0.25) is 4.90 Å². The van der Waals surface area contributed by atoms with E-state index in [9.17, 15) is 4.39 Å². The van der Waals surface area contributed by atoms with Gasteiger partial charge in [0.1, 0.15) is 22.5 Å². The zero-order valence-corrected chi connectivity index (χ0v) is 17.5. The van der Waals surface area contributed by atoms with Gasteiger partial charge in [0, 0.05) is 24.4 Å². The Morgan fingerprint density at radius 1 is 1.07 bits per heavy atom. The number of anilines is 2. The quantitative estimate of drug-likeness (QED) is 0.460. The Kier molecular flexibility index (Phi) is 5.14. The summed E-state index contributed by atoms with van der Waals surface area (Å²) < 4.78 is 14.5. The second-order valence-corrected chi connectivity index (χ2v) is 8.67. The van der Waals surface area contributed by atoms with E-state index in [-0.39, 0.29) is 5.82 Å². The first-order valence-corrected chi connectivity index (χ1v) is 10.9. The average Bonchev–Trinajstić information content (AvgIpc) is 3.40. The number of rotatable bonds is 5. The van der Waals surface area contributed by atoms with E-state index in [0.29, 0.717) is 5.82 Å². The van der Waals surface area contributed by atoms with Crippen LogP contribution in [-0.4, -0.2) is 32.9 Å². The van der Waals surface area contributed by atoms with Gasteiger partial charge in [-0.25, -0.2) is 19.3 Å². The Labute approximate surface area is 178 Å². The molecule has 30 heavy (non-hydrogen) atoms. The summed E-state index contributed by atoms with van der Waals surface area (Å²) in [7, 11) is 0. The highest BCUT2D eigenvalue weighted by Gasteiger charge is 2.14. The topological polar surface area (TPSA) is 53.9 Å². The lowest BCUT2D eigenvalue weighted by atomic mass is 10.2. The van der Waals surface area contributed by atoms with Crippen molar-refractivity contribution in [2.24, 2.45) is 0 Å². The number of fused-ring (bicyclic) bond motifs is 1. The van der Waals surface area contributed by atoms with E-state index in [1.54, 1.807) is 12.3 Å². The Hall–Kier alpha value is -2.90. The molecule has 0 bridgehead atoms. The molecule has 0 unspecified atom stereocenters. The molecule has 5 nitrogen and oxygen atoms in total. The number of aromatic nitrogens is 3. The summed E-state index contributed by atoms with van der Waals surface area (Å²) in [5.41, 5.74) is 3.92. The van der Waals surface area contributed by atoms with Gasteiger partial charge in [-0.1, -0.05) is 18.2 Å². The van der Waals surface area contributed by atoms with Crippen molar-refractivity contribution in [1.82, 2.24) is 19.9 Å². The molecule has 1 aliphatic heterocycles. The molecule has 0 amide bonds. The largest absolute Gasteiger partial charge is 0.325 e. The fourth-order valence-corrected chi connectivity index (χ4v) is 4.64. The van der Waals surface area contributed by atoms with Gasteiger partial charge in [-0.05, 0) is 56.6 Å². The van der Waals surface area contributed by atoms with Crippen LogP contribution in [0.4, 0.5) is 16.0 Å². The predicted octanol–water partition coefficient (Wildman–Crippen LogP) is 5.54. The van der Waals surface area contributed by atoms with Crippen molar-refractivity contribution in [3.8, 4) is 10.6 Å². The lowest BCUT2D eigenvalue weighted by Crippen LogP contribution is -2.20. The second-order valence-electron chi connectivity index (χ2n) is 7.63. The molecule has 0 aliphatic carbocycles. The minimum atomic E-state index is -0.262. The molecule has 4 aromatic rings. The number of halogens is 1. The lowest BCUT2D eigenvalue weighted by Gasteiger charge is -2.16. The van der Waals surface area contributed by atoms with Crippen LogP contribution in [-0.2, 0) is 6.54 Å². The molecule has 3 aromatic heterocycles. The summed E-state index contributed by atoms with van der Waals surface area (Å²) >= 11 is 1.51.